The molecule has 1 aromatic carbocycles. The van der Waals surface area contributed by atoms with Crippen molar-refractivity contribution >= 4 is 17.5 Å². The molecule has 0 atom stereocenters. The van der Waals surface area contributed by atoms with Gasteiger partial charge in [0.05, 0.1) is 5.02 Å². The predicted molar refractivity (Wildman–Crippen MR) is 87.1 cm³/mol. The van der Waals surface area contributed by atoms with Crippen molar-refractivity contribution in [3.8, 4) is 11.6 Å². The molecule has 116 valence electrons. The summed E-state index contributed by atoms with van der Waals surface area (Å²) in [7, 11) is 0. The number of halogens is 1. The van der Waals surface area contributed by atoms with Crippen molar-refractivity contribution in [2.24, 2.45) is 11.1 Å². The second kappa shape index (κ2) is 6.79. The topological polar surface area (TPSA) is 65.2 Å². The van der Waals surface area contributed by atoms with E-state index < -0.39 is 5.41 Å². The van der Waals surface area contributed by atoms with Gasteiger partial charge in [0.1, 0.15) is 5.75 Å². The standard InChI is InChI=1S/C17H19ClN2O2/c1-17(2,16(19)21)10-9-12-3-6-14(7-4-12)22-15-8-5-13(18)11-20-15/h3-8,11H,9-10H2,1-2H3,(H2,19,21). The van der Waals surface area contributed by atoms with Gasteiger partial charge in [-0.05, 0) is 36.6 Å². The Morgan fingerprint density at radius 3 is 2.45 bits per heavy atom. The number of nitrogens with zero attached hydrogens (tertiary/aromatic N) is 1. The van der Waals surface area contributed by atoms with Gasteiger partial charge < -0.3 is 10.5 Å². The first-order valence-corrected chi connectivity index (χ1v) is 7.43. The Labute approximate surface area is 135 Å². The molecule has 0 spiro atoms. The lowest BCUT2D eigenvalue weighted by molar-refractivity contribution is -0.126. The zero-order valence-corrected chi connectivity index (χ0v) is 13.4. The Bertz CT molecular complexity index is 637. The van der Waals surface area contributed by atoms with E-state index in [0.29, 0.717) is 23.1 Å². The van der Waals surface area contributed by atoms with Crippen molar-refractivity contribution in [3.05, 3.63) is 53.2 Å². The average Bonchev–Trinajstić information content (AvgIpc) is 2.49. The molecule has 0 bridgehead atoms. The van der Waals surface area contributed by atoms with E-state index in [1.807, 2.05) is 38.1 Å². The second-order valence-corrected chi connectivity index (χ2v) is 6.25. The van der Waals surface area contributed by atoms with E-state index in [9.17, 15) is 4.79 Å². The van der Waals surface area contributed by atoms with Crippen molar-refractivity contribution in [1.29, 1.82) is 0 Å². The first-order chi connectivity index (χ1) is 10.4. The third-order valence-corrected chi connectivity index (χ3v) is 3.78. The smallest absolute Gasteiger partial charge is 0.223 e. The molecule has 0 saturated carbocycles. The molecule has 0 radical (unpaired) electrons. The highest BCUT2D eigenvalue weighted by atomic mass is 35.5. The van der Waals surface area contributed by atoms with Crippen molar-refractivity contribution < 1.29 is 9.53 Å². The molecule has 5 heteroatoms. The van der Waals surface area contributed by atoms with E-state index in [4.69, 9.17) is 22.1 Å². The average molecular weight is 319 g/mol. The fourth-order valence-corrected chi connectivity index (χ4v) is 1.96. The summed E-state index contributed by atoms with van der Waals surface area (Å²) in [4.78, 5) is 15.4. The summed E-state index contributed by atoms with van der Waals surface area (Å²) in [5, 5.41) is 0.569. The monoisotopic (exact) mass is 318 g/mol. The Morgan fingerprint density at radius 2 is 1.91 bits per heavy atom. The predicted octanol–water partition coefficient (Wildman–Crippen LogP) is 3.97. The largest absolute Gasteiger partial charge is 0.439 e. The Kier molecular flexibility index (Phi) is 5.03. The number of aryl methyl sites for hydroxylation is 1. The molecule has 2 N–H and O–H groups in total. The lowest BCUT2D eigenvalue weighted by Crippen LogP contribution is -2.31. The first kappa shape index (κ1) is 16.3. The number of rotatable bonds is 6. The van der Waals surface area contributed by atoms with Gasteiger partial charge in [0, 0.05) is 17.7 Å². The minimum atomic E-state index is -0.498. The number of carbonyl (C=O) groups is 1. The van der Waals surface area contributed by atoms with Crippen LogP contribution in [-0.4, -0.2) is 10.9 Å². The highest BCUT2D eigenvalue weighted by Gasteiger charge is 2.24. The van der Waals surface area contributed by atoms with Crippen molar-refractivity contribution in [3.63, 3.8) is 0 Å². The molecule has 1 heterocycles. The summed E-state index contributed by atoms with van der Waals surface area (Å²) >= 11 is 5.78. The van der Waals surface area contributed by atoms with Crippen LogP contribution in [0.15, 0.2) is 42.6 Å². The van der Waals surface area contributed by atoms with Crippen LogP contribution >= 0.6 is 11.6 Å². The maximum atomic E-state index is 11.3. The fraction of sp³-hybridized carbons (Fsp3) is 0.294. The number of carbonyl (C=O) groups excluding carboxylic acids is 1. The maximum Gasteiger partial charge on any atom is 0.223 e. The minimum Gasteiger partial charge on any atom is -0.439 e. The summed E-state index contributed by atoms with van der Waals surface area (Å²) in [6.45, 7) is 3.72. The van der Waals surface area contributed by atoms with E-state index in [2.05, 4.69) is 4.98 Å². The molecule has 22 heavy (non-hydrogen) atoms. The third-order valence-electron chi connectivity index (χ3n) is 3.55. The van der Waals surface area contributed by atoms with Crippen molar-refractivity contribution in [2.45, 2.75) is 26.7 Å². The molecule has 1 amide bonds. The fourth-order valence-electron chi connectivity index (χ4n) is 1.85. The van der Waals surface area contributed by atoms with Gasteiger partial charge in [-0.1, -0.05) is 37.6 Å². The van der Waals surface area contributed by atoms with Crippen LogP contribution in [0.2, 0.25) is 5.02 Å². The minimum absolute atomic E-state index is 0.277. The van der Waals surface area contributed by atoms with Gasteiger partial charge in [0.15, 0.2) is 0 Å². The maximum absolute atomic E-state index is 11.3. The Hall–Kier alpha value is -2.07. The normalized spacial score (nSPS) is 11.2. The van der Waals surface area contributed by atoms with Crippen LogP contribution in [-0.2, 0) is 11.2 Å². The summed E-state index contributed by atoms with van der Waals surface area (Å²) in [5.41, 5.74) is 6.01. The molecule has 4 nitrogen and oxygen atoms in total. The molecule has 2 rings (SSSR count). The Balaban J connectivity index is 1.95. The molecule has 0 aliphatic heterocycles. The van der Waals surface area contributed by atoms with Gasteiger partial charge in [0.2, 0.25) is 11.8 Å². The third kappa shape index (κ3) is 4.46. The van der Waals surface area contributed by atoms with Crippen LogP contribution < -0.4 is 10.5 Å². The van der Waals surface area contributed by atoms with Gasteiger partial charge in [-0.15, -0.1) is 0 Å². The SMILES string of the molecule is CC(C)(CCc1ccc(Oc2ccc(Cl)cn2)cc1)C(N)=O. The molecule has 0 aliphatic carbocycles. The van der Waals surface area contributed by atoms with Gasteiger partial charge >= 0.3 is 0 Å². The number of amides is 1. The molecule has 2 aromatic rings. The number of pyridine rings is 1. The van der Waals surface area contributed by atoms with E-state index in [0.717, 1.165) is 12.0 Å². The van der Waals surface area contributed by atoms with Crippen LogP contribution in [0.3, 0.4) is 0 Å². The lowest BCUT2D eigenvalue weighted by atomic mass is 9.85. The zero-order chi connectivity index (χ0) is 16.2. The summed E-state index contributed by atoms with van der Waals surface area (Å²) in [5.74, 6) is 0.918. The highest BCUT2D eigenvalue weighted by molar-refractivity contribution is 6.30. The highest BCUT2D eigenvalue weighted by Crippen LogP contribution is 2.24. The van der Waals surface area contributed by atoms with Crippen LogP contribution in [0.5, 0.6) is 11.6 Å². The molecule has 0 saturated heterocycles. The van der Waals surface area contributed by atoms with Crippen LogP contribution in [0.25, 0.3) is 0 Å². The molecule has 0 unspecified atom stereocenters. The van der Waals surface area contributed by atoms with E-state index in [1.165, 1.54) is 6.20 Å². The summed E-state index contributed by atoms with van der Waals surface area (Å²) in [6.07, 6.45) is 3.04. The number of aromatic nitrogens is 1. The number of primary amides is 1. The van der Waals surface area contributed by atoms with Gasteiger partial charge in [-0.3, -0.25) is 4.79 Å². The van der Waals surface area contributed by atoms with E-state index >= 15 is 0 Å². The molecule has 0 aliphatic rings. The van der Waals surface area contributed by atoms with E-state index in [-0.39, 0.29) is 5.91 Å². The quantitative estimate of drug-likeness (QED) is 0.876. The molecule has 0 fully saturated rings. The van der Waals surface area contributed by atoms with Crippen molar-refractivity contribution in [2.75, 3.05) is 0 Å². The zero-order valence-electron chi connectivity index (χ0n) is 12.7. The molecular weight excluding hydrogens is 300 g/mol. The Morgan fingerprint density at radius 1 is 1.23 bits per heavy atom. The number of hydrogen-bond acceptors (Lipinski definition) is 3. The van der Waals surface area contributed by atoms with Gasteiger partial charge in [-0.2, -0.15) is 0 Å². The van der Waals surface area contributed by atoms with Gasteiger partial charge in [0.25, 0.3) is 0 Å². The van der Waals surface area contributed by atoms with Crippen LogP contribution in [0.1, 0.15) is 25.8 Å². The number of nitrogens with two attached hydrogens (primary N) is 1. The lowest BCUT2D eigenvalue weighted by Gasteiger charge is -2.20. The first-order valence-electron chi connectivity index (χ1n) is 7.05. The summed E-state index contributed by atoms with van der Waals surface area (Å²) < 4.78 is 5.63. The number of benzene rings is 1. The number of hydrogen-bond donors (Lipinski definition) is 1. The van der Waals surface area contributed by atoms with E-state index in [1.54, 1.807) is 12.1 Å². The van der Waals surface area contributed by atoms with Crippen molar-refractivity contribution in [1.82, 2.24) is 4.98 Å². The van der Waals surface area contributed by atoms with Gasteiger partial charge in [-0.25, -0.2) is 4.98 Å². The van der Waals surface area contributed by atoms with Crippen LogP contribution in [0, 0.1) is 5.41 Å². The van der Waals surface area contributed by atoms with Crippen LogP contribution in [0.4, 0.5) is 0 Å². The summed E-state index contributed by atoms with van der Waals surface area (Å²) in [6, 6.07) is 11.1. The number of ether oxygens (including phenoxy) is 1. The second-order valence-electron chi connectivity index (χ2n) is 5.81. The molecule has 1 aromatic heterocycles. The molecular formula is C17H19ClN2O2.